The summed E-state index contributed by atoms with van der Waals surface area (Å²) < 4.78 is 0. The van der Waals surface area contributed by atoms with E-state index in [0.29, 0.717) is 5.92 Å². The summed E-state index contributed by atoms with van der Waals surface area (Å²) in [5.74, 6) is 0.554. The number of benzene rings is 1. The van der Waals surface area contributed by atoms with Crippen LogP contribution < -0.4 is 5.73 Å². The van der Waals surface area contributed by atoms with Crippen LogP contribution in [0.3, 0.4) is 0 Å². The van der Waals surface area contributed by atoms with Gasteiger partial charge in [-0.05, 0) is 73.4 Å². The topological polar surface area (TPSA) is 41.8 Å². The van der Waals surface area contributed by atoms with E-state index in [2.05, 4.69) is 30.2 Å². The van der Waals surface area contributed by atoms with Crippen LogP contribution in [0.2, 0.25) is 0 Å². The highest BCUT2D eigenvalue weighted by molar-refractivity contribution is 5.85. The first kappa shape index (κ1) is 12.7. The first-order valence-corrected chi connectivity index (χ1v) is 7.59. The molecule has 102 valence electrons. The predicted octanol–water partition coefficient (Wildman–Crippen LogP) is 3.57. The molecule has 0 saturated carbocycles. The number of hydrogen-bond acceptors (Lipinski definition) is 1. The summed E-state index contributed by atoms with van der Waals surface area (Å²) >= 11 is 0. The molecule has 19 heavy (non-hydrogen) atoms. The fraction of sp³-hybridized carbons (Fsp3) is 0.529. The van der Waals surface area contributed by atoms with E-state index in [9.17, 15) is 0 Å². The van der Waals surface area contributed by atoms with Gasteiger partial charge in [-0.3, -0.25) is 0 Å². The number of aromatic nitrogens is 1. The second-order valence-electron chi connectivity index (χ2n) is 6.09. The molecular formula is C17H24N2. The molecule has 1 aliphatic rings. The van der Waals surface area contributed by atoms with Gasteiger partial charge in [0.15, 0.2) is 0 Å². The van der Waals surface area contributed by atoms with Gasteiger partial charge in [0.2, 0.25) is 0 Å². The fourth-order valence-corrected chi connectivity index (χ4v) is 3.22. The molecule has 0 spiro atoms. The molecule has 1 aliphatic carbocycles. The molecule has 1 aromatic heterocycles. The Balaban J connectivity index is 2.00. The van der Waals surface area contributed by atoms with Crippen LogP contribution >= 0.6 is 0 Å². The van der Waals surface area contributed by atoms with Gasteiger partial charge in [-0.1, -0.05) is 13.3 Å². The lowest BCUT2D eigenvalue weighted by Gasteiger charge is -2.09. The predicted molar refractivity (Wildman–Crippen MR) is 81.5 cm³/mol. The third-order valence-corrected chi connectivity index (χ3v) is 4.45. The molecule has 2 nitrogen and oxygen atoms in total. The molecule has 3 rings (SSSR count). The Morgan fingerprint density at radius 2 is 1.89 bits per heavy atom. The standard InChI is InChI=1S/C17H24N2/c1-12(10-18)7-15-11-19-17-9-14-6-4-2-3-5-13(14)8-16(15)17/h8-9,11-12,19H,2-7,10,18H2,1H3. The van der Waals surface area contributed by atoms with E-state index < -0.39 is 0 Å². The zero-order valence-electron chi connectivity index (χ0n) is 11.8. The summed E-state index contributed by atoms with van der Waals surface area (Å²) in [4.78, 5) is 3.45. The molecule has 2 aromatic rings. The van der Waals surface area contributed by atoms with E-state index in [0.717, 1.165) is 13.0 Å². The zero-order valence-corrected chi connectivity index (χ0v) is 11.8. The van der Waals surface area contributed by atoms with Gasteiger partial charge in [0.25, 0.3) is 0 Å². The number of rotatable bonds is 3. The number of aryl methyl sites for hydroxylation is 2. The highest BCUT2D eigenvalue weighted by Gasteiger charge is 2.13. The van der Waals surface area contributed by atoms with E-state index in [-0.39, 0.29) is 0 Å². The minimum Gasteiger partial charge on any atom is -0.361 e. The van der Waals surface area contributed by atoms with Gasteiger partial charge in [0.05, 0.1) is 0 Å². The molecule has 0 bridgehead atoms. The first-order chi connectivity index (χ1) is 9.28. The molecular weight excluding hydrogens is 232 g/mol. The lowest BCUT2D eigenvalue weighted by atomic mass is 9.96. The maximum atomic E-state index is 5.75. The number of H-pyrrole nitrogens is 1. The summed E-state index contributed by atoms with van der Waals surface area (Å²) in [5.41, 5.74) is 11.6. The van der Waals surface area contributed by atoms with Gasteiger partial charge in [-0.2, -0.15) is 0 Å². The average Bonchev–Trinajstić information content (AvgIpc) is 2.66. The Hall–Kier alpha value is -1.28. The van der Waals surface area contributed by atoms with Crippen molar-refractivity contribution in [2.24, 2.45) is 11.7 Å². The quantitative estimate of drug-likeness (QED) is 0.810. The zero-order chi connectivity index (χ0) is 13.2. The molecule has 0 fully saturated rings. The number of fused-ring (bicyclic) bond motifs is 2. The summed E-state index contributed by atoms with van der Waals surface area (Å²) in [7, 11) is 0. The summed E-state index contributed by atoms with van der Waals surface area (Å²) in [6.07, 6.45) is 9.82. The highest BCUT2D eigenvalue weighted by Crippen LogP contribution is 2.28. The molecule has 3 N–H and O–H groups in total. The maximum absolute atomic E-state index is 5.75. The van der Waals surface area contributed by atoms with Crippen molar-refractivity contribution in [1.29, 1.82) is 0 Å². The van der Waals surface area contributed by atoms with Crippen LogP contribution in [0.4, 0.5) is 0 Å². The van der Waals surface area contributed by atoms with Crippen LogP contribution in [0.1, 0.15) is 42.9 Å². The van der Waals surface area contributed by atoms with Crippen molar-refractivity contribution in [3.63, 3.8) is 0 Å². The van der Waals surface area contributed by atoms with Crippen LogP contribution in [0.25, 0.3) is 10.9 Å². The number of nitrogens with one attached hydrogen (secondary N) is 1. The largest absolute Gasteiger partial charge is 0.361 e. The third-order valence-electron chi connectivity index (χ3n) is 4.45. The fourth-order valence-electron chi connectivity index (χ4n) is 3.22. The van der Waals surface area contributed by atoms with Gasteiger partial charge in [0.1, 0.15) is 0 Å². The van der Waals surface area contributed by atoms with Crippen molar-refractivity contribution < 1.29 is 0 Å². The second-order valence-corrected chi connectivity index (χ2v) is 6.09. The van der Waals surface area contributed by atoms with E-state index in [1.54, 1.807) is 11.1 Å². The van der Waals surface area contributed by atoms with Gasteiger partial charge >= 0.3 is 0 Å². The molecule has 1 aromatic carbocycles. The summed E-state index contributed by atoms with van der Waals surface area (Å²) in [6.45, 7) is 2.99. The van der Waals surface area contributed by atoms with Gasteiger partial charge < -0.3 is 10.7 Å². The minimum atomic E-state index is 0.554. The van der Waals surface area contributed by atoms with Crippen molar-refractivity contribution >= 4 is 10.9 Å². The normalized spacial score (nSPS) is 17.2. The van der Waals surface area contributed by atoms with E-state index in [1.165, 1.54) is 48.6 Å². The average molecular weight is 256 g/mol. The van der Waals surface area contributed by atoms with Crippen molar-refractivity contribution in [2.45, 2.75) is 45.4 Å². The SMILES string of the molecule is CC(CN)Cc1c[nH]c2cc3c(cc12)CCCCC3. The molecule has 0 saturated heterocycles. The Labute approximate surface area is 115 Å². The van der Waals surface area contributed by atoms with Crippen LogP contribution in [0.5, 0.6) is 0 Å². The maximum Gasteiger partial charge on any atom is 0.0459 e. The van der Waals surface area contributed by atoms with Crippen LogP contribution in [-0.2, 0) is 19.3 Å². The lowest BCUT2D eigenvalue weighted by Crippen LogP contribution is -2.12. The number of hydrogen-bond donors (Lipinski definition) is 2. The van der Waals surface area contributed by atoms with Crippen LogP contribution in [-0.4, -0.2) is 11.5 Å². The molecule has 0 radical (unpaired) electrons. The minimum absolute atomic E-state index is 0.554. The van der Waals surface area contributed by atoms with E-state index in [1.807, 2.05) is 0 Å². The van der Waals surface area contributed by atoms with Crippen molar-refractivity contribution in [2.75, 3.05) is 6.54 Å². The second kappa shape index (κ2) is 5.38. The Morgan fingerprint density at radius 1 is 1.16 bits per heavy atom. The van der Waals surface area contributed by atoms with Crippen LogP contribution in [0.15, 0.2) is 18.3 Å². The Bertz CT molecular complexity index is 568. The molecule has 2 heteroatoms. The van der Waals surface area contributed by atoms with Crippen LogP contribution in [0, 0.1) is 5.92 Å². The van der Waals surface area contributed by atoms with Gasteiger partial charge in [-0.15, -0.1) is 0 Å². The molecule has 1 unspecified atom stereocenters. The molecule has 0 aliphatic heterocycles. The molecule has 0 amide bonds. The van der Waals surface area contributed by atoms with Crippen molar-refractivity contribution in [1.82, 2.24) is 4.98 Å². The van der Waals surface area contributed by atoms with E-state index in [4.69, 9.17) is 5.73 Å². The number of nitrogens with two attached hydrogens (primary N) is 1. The number of aromatic amines is 1. The third kappa shape index (κ3) is 2.55. The van der Waals surface area contributed by atoms with Gasteiger partial charge in [0, 0.05) is 17.1 Å². The Morgan fingerprint density at radius 3 is 2.63 bits per heavy atom. The van der Waals surface area contributed by atoms with Crippen molar-refractivity contribution in [3.05, 3.63) is 35.0 Å². The van der Waals surface area contributed by atoms with Crippen molar-refractivity contribution in [3.8, 4) is 0 Å². The molecule has 1 atom stereocenters. The highest BCUT2D eigenvalue weighted by atomic mass is 14.7. The summed E-state index contributed by atoms with van der Waals surface area (Å²) in [5, 5.41) is 1.42. The van der Waals surface area contributed by atoms with E-state index >= 15 is 0 Å². The smallest absolute Gasteiger partial charge is 0.0459 e. The lowest BCUT2D eigenvalue weighted by molar-refractivity contribution is 0.595. The summed E-state index contributed by atoms with van der Waals surface area (Å²) in [6, 6.07) is 4.82. The first-order valence-electron chi connectivity index (χ1n) is 7.59. The Kier molecular flexibility index (Phi) is 3.61. The molecule has 1 heterocycles. The van der Waals surface area contributed by atoms with Gasteiger partial charge in [-0.25, -0.2) is 0 Å². The monoisotopic (exact) mass is 256 g/mol.